The van der Waals surface area contributed by atoms with Crippen LogP contribution in [-0.4, -0.2) is 27.2 Å². The second-order valence-corrected chi connectivity index (χ2v) is 3.69. The van der Waals surface area contributed by atoms with Crippen molar-refractivity contribution in [2.75, 3.05) is 6.54 Å². The van der Waals surface area contributed by atoms with Gasteiger partial charge in [0.05, 0.1) is 0 Å². The van der Waals surface area contributed by atoms with Gasteiger partial charge in [0.15, 0.2) is 0 Å². The lowest BCUT2D eigenvalue weighted by molar-refractivity contribution is -0.124. The Balaban J connectivity index is 2.45. The molecule has 0 aromatic carbocycles. The Morgan fingerprint density at radius 2 is 2.21 bits per heavy atom. The van der Waals surface area contributed by atoms with Crippen LogP contribution >= 0.6 is 0 Å². The van der Waals surface area contributed by atoms with Crippen LogP contribution in [0.4, 0.5) is 0 Å². The zero-order valence-electron chi connectivity index (χ0n) is 8.77. The summed E-state index contributed by atoms with van der Waals surface area (Å²) in [6.45, 7) is 6.60. The van der Waals surface area contributed by atoms with E-state index in [0.29, 0.717) is 12.5 Å². The summed E-state index contributed by atoms with van der Waals surface area (Å²) in [7, 11) is 0. The molecule has 1 N–H and O–H groups in total. The molecule has 0 aliphatic heterocycles. The summed E-state index contributed by atoms with van der Waals surface area (Å²) in [6.07, 6.45) is 2.96. The summed E-state index contributed by atoms with van der Waals surface area (Å²) in [6, 6.07) is -0.295. The summed E-state index contributed by atoms with van der Waals surface area (Å²) in [5, 5.41) is 6.75. The van der Waals surface area contributed by atoms with E-state index in [-0.39, 0.29) is 11.9 Å². The van der Waals surface area contributed by atoms with Crippen LogP contribution in [0.15, 0.2) is 12.7 Å². The van der Waals surface area contributed by atoms with E-state index in [4.69, 9.17) is 0 Å². The zero-order chi connectivity index (χ0) is 10.6. The van der Waals surface area contributed by atoms with Crippen molar-refractivity contribution in [2.45, 2.75) is 26.8 Å². The Morgan fingerprint density at radius 3 is 2.71 bits per heavy atom. The lowest BCUT2D eigenvalue weighted by Gasteiger charge is -2.13. The fraction of sp³-hybridized carbons (Fsp3) is 0.667. The third kappa shape index (κ3) is 2.83. The maximum Gasteiger partial charge on any atom is 0.244 e. The van der Waals surface area contributed by atoms with E-state index in [0.717, 1.165) is 0 Å². The molecule has 1 unspecified atom stereocenters. The highest BCUT2D eigenvalue weighted by atomic mass is 16.2. The summed E-state index contributed by atoms with van der Waals surface area (Å²) in [4.78, 5) is 15.3. The van der Waals surface area contributed by atoms with Crippen LogP contribution in [0, 0.1) is 5.92 Å². The molecule has 0 radical (unpaired) electrons. The number of rotatable bonds is 4. The largest absolute Gasteiger partial charge is 0.354 e. The van der Waals surface area contributed by atoms with E-state index < -0.39 is 0 Å². The molecular weight excluding hydrogens is 180 g/mol. The van der Waals surface area contributed by atoms with Crippen LogP contribution in [0.1, 0.15) is 26.8 Å². The van der Waals surface area contributed by atoms with Gasteiger partial charge in [-0.15, -0.1) is 0 Å². The maximum atomic E-state index is 11.5. The number of carbonyl (C=O) groups is 1. The highest BCUT2D eigenvalue weighted by molar-refractivity contribution is 5.79. The Morgan fingerprint density at radius 1 is 1.50 bits per heavy atom. The summed E-state index contributed by atoms with van der Waals surface area (Å²) in [5.74, 6) is 0.436. The van der Waals surface area contributed by atoms with Crippen LogP contribution in [0.3, 0.4) is 0 Å². The van der Waals surface area contributed by atoms with Gasteiger partial charge in [0, 0.05) is 6.54 Å². The predicted octanol–water partition coefficient (Wildman–Crippen LogP) is 0.611. The quantitative estimate of drug-likeness (QED) is 0.767. The number of hydrogen-bond donors (Lipinski definition) is 1. The third-order valence-corrected chi connectivity index (χ3v) is 1.90. The molecule has 1 aromatic heterocycles. The van der Waals surface area contributed by atoms with Gasteiger partial charge in [-0.25, -0.2) is 9.67 Å². The van der Waals surface area contributed by atoms with Gasteiger partial charge in [-0.05, 0) is 12.8 Å². The molecule has 1 atom stereocenters. The van der Waals surface area contributed by atoms with E-state index >= 15 is 0 Å². The highest BCUT2D eigenvalue weighted by Crippen LogP contribution is 2.01. The van der Waals surface area contributed by atoms with Gasteiger partial charge in [0.1, 0.15) is 18.7 Å². The number of nitrogens with one attached hydrogen (secondary N) is 1. The van der Waals surface area contributed by atoms with Crippen LogP contribution in [0.2, 0.25) is 0 Å². The average Bonchev–Trinajstić information content (AvgIpc) is 2.65. The van der Waals surface area contributed by atoms with Crippen LogP contribution in [0.25, 0.3) is 0 Å². The topological polar surface area (TPSA) is 59.8 Å². The van der Waals surface area contributed by atoms with Crippen molar-refractivity contribution in [3.63, 3.8) is 0 Å². The molecule has 1 aromatic rings. The monoisotopic (exact) mass is 196 g/mol. The number of amides is 1. The summed E-state index contributed by atoms with van der Waals surface area (Å²) < 4.78 is 1.54. The summed E-state index contributed by atoms with van der Waals surface area (Å²) >= 11 is 0. The van der Waals surface area contributed by atoms with Crippen molar-refractivity contribution in [2.24, 2.45) is 5.92 Å². The molecule has 0 bridgehead atoms. The van der Waals surface area contributed by atoms with Crippen molar-refractivity contribution in [1.29, 1.82) is 0 Å². The van der Waals surface area contributed by atoms with Gasteiger partial charge in [0.25, 0.3) is 0 Å². The molecule has 14 heavy (non-hydrogen) atoms. The minimum absolute atomic E-state index is 0.0239. The van der Waals surface area contributed by atoms with Crippen LogP contribution in [-0.2, 0) is 4.79 Å². The first-order valence-electron chi connectivity index (χ1n) is 4.73. The Kier molecular flexibility index (Phi) is 3.62. The minimum atomic E-state index is -0.295. The molecule has 1 rings (SSSR count). The van der Waals surface area contributed by atoms with Gasteiger partial charge in [0.2, 0.25) is 5.91 Å². The third-order valence-electron chi connectivity index (χ3n) is 1.90. The molecule has 0 saturated heterocycles. The standard InChI is InChI=1S/C9H16N4O/c1-7(2)4-11-9(14)8(3)13-6-10-5-12-13/h5-8H,4H2,1-3H3,(H,11,14). The molecule has 0 fully saturated rings. The van der Waals surface area contributed by atoms with Crippen molar-refractivity contribution in [1.82, 2.24) is 20.1 Å². The fourth-order valence-electron chi connectivity index (χ4n) is 0.990. The smallest absolute Gasteiger partial charge is 0.244 e. The molecule has 78 valence electrons. The lowest BCUT2D eigenvalue weighted by atomic mass is 10.2. The zero-order valence-corrected chi connectivity index (χ0v) is 8.77. The molecule has 0 spiro atoms. The van der Waals surface area contributed by atoms with Crippen molar-refractivity contribution >= 4 is 5.91 Å². The SMILES string of the molecule is CC(C)CNC(=O)C(C)n1cncn1. The molecule has 5 nitrogen and oxygen atoms in total. The first-order valence-corrected chi connectivity index (χ1v) is 4.73. The van der Waals surface area contributed by atoms with E-state index in [2.05, 4.69) is 29.2 Å². The predicted molar refractivity (Wildman–Crippen MR) is 52.6 cm³/mol. The number of nitrogens with zero attached hydrogens (tertiary/aromatic N) is 3. The van der Waals surface area contributed by atoms with Crippen LogP contribution in [0.5, 0.6) is 0 Å². The van der Waals surface area contributed by atoms with E-state index in [1.165, 1.54) is 11.0 Å². The van der Waals surface area contributed by atoms with Gasteiger partial charge < -0.3 is 5.32 Å². The molecule has 1 heterocycles. The van der Waals surface area contributed by atoms with Crippen molar-refractivity contribution in [3.05, 3.63) is 12.7 Å². The van der Waals surface area contributed by atoms with Crippen molar-refractivity contribution < 1.29 is 4.79 Å². The number of aromatic nitrogens is 3. The van der Waals surface area contributed by atoms with Gasteiger partial charge in [-0.3, -0.25) is 4.79 Å². The van der Waals surface area contributed by atoms with Gasteiger partial charge in [-0.1, -0.05) is 13.8 Å². The Bertz CT molecular complexity index is 281. The normalized spacial score (nSPS) is 12.9. The fourth-order valence-corrected chi connectivity index (χ4v) is 0.990. The number of hydrogen-bond acceptors (Lipinski definition) is 3. The molecule has 1 amide bonds. The Labute approximate surface area is 83.5 Å². The highest BCUT2D eigenvalue weighted by Gasteiger charge is 2.14. The Hall–Kier alpha value is -1.39. The lowest BCUT2D eigenvalue weighted by Crippen LogP contribution is -2.33. The maximum absolute atomic E-state index is 11.5. The van der Waals surface area contributed by atoms with E-state index in [1.807, 2.05) is 0 Å². The second kappa shape index (κ2) is 4.74. The second-order valence-electron chi connectivity index (χ2n) is 3.69. The van der Waals surface area contributed by atoms with Crippen molar-refractivity contribution in [3.8, 4) is 0 Å². The molecule has 0 aliphatic carbocycles. The van der Waals surface area contributed by atoms with E-state index in [9.17, 15) is 4.79 Å². The molecule has 0 saturated carbocycles. The minimum Gasteiger partial charge on any atom is -0.354 e. The van der Waals surface area contributed by atoms with Gasteiger partial charge in [-0.2, -0.15) is 5.10 Å². The van der Waals surface area contributed by atoms with Gasteiger partial charge >= 0.3 is 0 Å². The summed E-state index contributed by atoms with van der Waals surface area (Å²) in [5.41, 5.74) is 0. The first kappa shape index (κ1) is 10.7. The van der Waals surface area contributed by atoms with E-state index in [1.54, 1.807) is 13.3 Å². The molecule has 5 heteroatoms. The van der Waals surface area contributed by atoms with Crippen LogP contribution < -0.4 is 5.32 Å². The average molecular weight is 196 g/mol. The molecular formula is C9H16N4O. The molecule has 0 aliphatic rings. The number of carbonyl (C=O) groups excluding carboxylic acids is 1. The first-order chi connectivity index (χ1) is 6.61.